The molecule has 162 valence electrons. The maximum atomic E-state index is 12.3. The van der Waals surface area contributed by atoms with E-state index in [0.29, 0.717) is 24.5 Å². The van der Waals surface area contributed by atoms with E-state index in [-0.39, 0.29) is 25.0 Å². The molecule has 3 rings (SSSR count). The van der Waals surface area contributed by atoms with Crippen LogP contribution in [0.2, 0.25) is 0 Å². The highest BCUT2D eigenvalue weighted by atomic mass is 19.4. The van der Waals surface area contributed by atoms with Crippen LogP contribution >= 0.6 is 0 Å². The van der Waals surface area contributed by atoms with Crippen LogP contribution in [0.1, 0.15) is 31.7 Å². The number of rotatable bonds is 6. The van der Waals surface area contributed by atoms with Gasteiger partial charge < -0.3 is 19.5 Å². The molecule has 9 heteroatoms. The molecule has 1 aromatic heterocycles. The highest BCUT2D eigenvalue weighted by molar-refractivity contribution is 5.89. The first kappa shape index (κ1) is 21.7. The SMILES string of the molecule is CC1CN(C(=O)Nc2cnoc2)CC/C1=C\c1cccc(OCCCC(F)(F)F)c1. The third-order valence-electron chi connectivity index (χ3n) is 4.85. The number of nitrogens with one attached hydrogen (secondary N) is 1. The van der Waals surface area contributed by atoms with Gasteiger partial charge in [0.05, 0.1) is 12.8 Å². The summed E-state index contributed by atoms with van der Waals surface area (Å²) >= 11 is 0. The zero-order chi connectivity index (χ0) is 21.6. The average Bonchev–Trinajstić information content (AvgIpc) is 3.19. The Morgan fingerprint density at radius 1 is 1.43 bits per heavy atom. The number of aromatic nitrogens is 1. The minimum Gasteiger partial charge on any atom is -0.494 e. The highest BCUT2D eigenvalue weighted by Crippen LogP contribution is 2.27. The molecule has 0 saturated carbocycles. The number of anilines is 1. The summed E-state index contributed by atoms with van der Waals surface area (Å²) in [4.78, 5) is 14.1. The lowest BCUT2D eigenvalue weighted by Gasteiger charge is -2.33. The third kappa shape index (κ3) is 6.53. The molecule has 1 unspecified atom stereocenters. The standard InChI is InChI=1S/C21H24F3N3O3/c1-15-13-27(20(28)26-18-12-25-30-14-18)8-6-17(15)10-16-4-2-5-19(11-16)29-9-3-7-21(22,23)24/h2,4-5,10-12,14-15H,3,6-9,13H2,1H3,(H,26,28)/b17-10+. The first-order valence-corrected chi connectivity index (χ1v) is 9.75. The number of carbonyl (C=O) groups excluding carboxylic acids is 1. The zero-order valence-electron chi connectivity index (χ0n) is 16.6. The van der Waals surface area contributed by atoms with Crippen LogP contribution in [-0.2, 0) is 0 Å². The second-order valence-corrected chi connectivity index (χ2v) is 7.30. The van der Waals surface area contributed by atoms with Crippen molar-refractivity contribution in [1.82, 2.24) is 10.1 Å². The predicted molar refractivity (Wildman–Crippen MR) is 106 cm³/mol. The van der Waals surface area contributed by atoms with Crippen LogP contribution in [-0.4, -0.2) is 42.0 Å². The fourth-order valence-corrected chi connectivity index (χ4v) is 3.29. The van der Waals surface area contributed by atoms with Gasteiger partial charge in [-0.1, -0.05) is 35.9 Å². The van der Waals surface area contributed by atoms with Crippen molar-refractivity contribution in [3.8, 4) is 5.75 Å². The van der Waals surface area contributed by atoms with Crippen LogP contribution in [0.5, 0.6) is 5.75 Å². The Bertz CT molecular complexity index is 866. The molecule has 6 nitrogen and oxygen atoms in total. The monoisotopic (exact) mass is 423 g/mol. The van der Waals surface area contributed by atoms with Crippen LogP contribution in [0.15, 0.2) is 46.8 Å². The molecule has 2 amide bonds. The van der Waals surface area contributed by atoms with Gasteiger partial charge in [-0.05, 0) is 36.5 Å². The molecule has 1 aliphatic heterocycles. The van der Waals surface area contributed by atoms with E-state index in [0.717, 1.165) is 12.0 Å². The van der Waals surface area contributed by atoms with Crippen LogP contribution in [0.4, 0.5) is 23.7 Å². The molecule has 2 aromatic rings. The van der Waals surface area contributed by atoms with E-state index in [4.69, 9.17) is 9.26 Å². The minimum absolute atomic E-state index is 0.0200. The number of alkyl halides is 3. The topological polar surface area (TPSA) is 67.6 Å². The van der Waals surface area contributed by atoms with E-state index in [1.165, 1.54) is 18.0 Å². The first-order chi connectivity index (χ1) is 14.3. The van der Waals surface area contributed by atoms with Gasteiger partial charge in [0.1, 0.15) is 17.7 Å². The summed E-state index contributed by atoms with van der Waals surface area (Å²) in [5.41, 5.74) is 2.65. The molecular formula is C21H24F3N3O3. The number of likely N-dealkylation sites (tertiary alicyclic amines) is 1. The number of halogens is 3. The van der Waals surface area contributed by atoms with Crippen molar-refractivity contribution in [2.24, 2.45) is 5.92 Å². The lowest BCUT2D eigenvalue weighted by atomic mass is 9.91. The van der Waals surface area contributed by atoms with E-state index in [9.17, 15) is 18.0 Å². The number of hydrogen-bond donors (Lipinski definition) is 1. The number of carbonyl (C=O) groups is 1. The van der Waals surface area contributed by atoms with Gasteiger partial charge in [-0.15, -0.1) is 0 Å². The van der Waals surface area contributed by atoms with Crippen molar-refractivity contribution >= 4 is 17.8 Å². The minimum atomic E-state index is -4.16. The van der Waals surface area contributed by atoms with Crippen molar-refractivity contribution in [3.05, 3.63) is 47.9 Å². The average molecular weight is 423 g/mol. The number of piperidine rings is 1. The molecule has 0 bridgehead atoms. The molecule has 1 aliphatic rings. The third-order valence-corrected chi connectivity index (χ3v) is 4.85. The summed E-state index contributed by atoms with van der Waals surface area (Å²) in [5.74, 6) is 0.716. The smallest absolute Gasteiger partial charge is 0.389 e. The lowest BCUT2D eigenvalue weighted by Crippen LogP contribution is -2.42. The number of ether oxygens (including phenoxy) is 1. The molecule has 0 aliphatic carbocycles. The molecule has 30 heavy (non-hydrogen) atoms. The van der Waals surface area contributed by atoms with E-state index in [1.807, 2.05) is 18.2 Å². The molecule has 1 N–H and O–H groups in total. The lowest BCUT2D eigenvalue weighted by molar-refractivity contribution is -0.136. The fourth-order valence-electron chi connectivity index (χ4n) is 3.29. The Morgan fingerprint density at radius 3 is 2.97 bits per heavy atom. The molecule has 1 aromatic carbocycles. The second kappa shape index (κ2) is 9.69. The van der Waals surface area contributed by atoms with Gasteiger partial charge in [0.25, 0.3) is 0 Å². The van der Waals surface area contributed by atoms with Crippen molar-refractivity contribution in [1.29, 1.82) is 0 Å². The molecule has 2 heterocycles. The molecule has 1 saturated heterocycles. The maximum Gasteiger partial charge on any atom is 0.389 e. The van der Waals surface area contributed by atoms with Gasteiger partial charge in [-0.3, -0.25) is 0 Å². The van der Waals surface area contributed by atoms with Gasteiger partial charge in [0, 0.05) is 19.5 Å². The summed E-state index contributed by atoms with van der Waals surface area (Å²) in [5, 5.41) is 6.30. The number of urea groups is 1. The summed E-state index contributed by atoms with van der Waals surface area (Å²) in [6.07, 6.45) is 0.516. The van der Waals surface area contributed by atoms with E-state index in [1.54, 1.807) is 11.0 Å². The molecule has 1 atom stereocenters. The van der Waals surface area contributed by atoms with Crippen LogP contribution in [0.3, 0.4) is 0 Å². The second-order valence-electron chi connectivity index (χ2n) is 7.30. The van der Waals surface area contributed by atoms with Crippen LogP contribution in [0, 0.1) is 5.92 Å². The predicted octanol–water partition coefficient (Wildman–Crippen LogP) is 5.35. The van der Waals surface area contributed by atoms with E-state index >= 15 is 0 Å². The Labute approximate surface area is 172 Å². The highest BCUT2D eigenvalue weighted by Gasteiger charge is 2.26. The maximum absolute atomic E-state index is 12.3. The summed E-state index contributed by atoms with van der Waals surface area (Å²) < 4.78 is 46.8. The van der Waals surface area contributed by atoms with E-state index in [2.05, 4.69) is 23.5 Å². The van der Waals surface area contributed by atoms with Crippen molar-refractivity contribution in [3.63, 3.8) is 0 Å². The first-order valence-electron chi connectivity index (χ1n) is 9.75. The molecule has 0 radical (unpaired) electrons. The molecule has 1 fully saturated rings. The summed E-state index contributed by atoms with van der Waals surface area (Å²) in [6.45, 7) is 3.24. The summed E-state index contributed by atoms with van der Waals surface area (Å²) in [6, 6.07) is 7.10. The zero-order valence-corrected chi connectivity index (χ0v) is 16.6. The van der Waals surface area contributed by atoms with Gasteiger partial charge in [0.15, 0.2) is 0 Å². The van der Waals surface area contributed by atoms with Crippen molar-refractivity contribution in [2.45, 2.75) is 32.4 Å². The van der Waals surface area contributed by atoms with Gasteiger partial charge in [0.2, 0.25) is 0 Å². The van der Waals surface area contributed by atoms with E-state index < -0.39 is 12.6 Å². The molecule has 0 spiro atoms. The quantitative estimate of drug-likeness (QED) is 0.636. The Morgan fingerprint density at radius 2 is 2.27 bits per heavy atom. The number of amides is 2. The number of nitrogens with zero attached hydrogens (tertiary/aromatic N) is 2. The molecular weight excluding hydrogens is 399 g/mol. The van der Waals surface area contributed by atoms with Crippen molar-refractivity contribution < 1.29 is 27.2 Å². The normalized spacial score (nSPS) is 18.5. The largest absolute Gasteiger partial charge is 0.494 e. The van der Waals surface area contributed by atoms with Crippen molar-refractivity contribution in [2.75, 3.05) is 25.0 Å². The Balaban J connectivity index is 1.53. The van der Waals surface area contributed by atoms with Gasteiger partial charge in [-0.2, -0.15) is 13.2 Å². The van der Waals surface area contributed by atoms with Crippen LogP contribution in [0.25, 0.3) is 6.08 Å². The fraction of sp³-hybridized carbons (Fsp3) is 0.429. The number of benzene rings is 1. The number of hydrogen-bond acceptors (Lipinski definition) is 4. The van der Waals surface area contributed by atoms with Crippen LogP contribution < -0.4 is 10.1 Å². The van der Waals surface area contributed by atoms with Gasteiger partial charge >= 0.3 is 12.2 Å². The summed E-state index contributed by atoms with van der Waals surface area (Å²) in [7, 11) is 0. The van der Waals surface area contributed by atoms with Gasteiger partial charge in [-0.25, -0.2) is 4.79 Å². The Hall–Kier alpha value is -2.97. The Kier molecular flexibility index (Phi) is 7.02.